The summed E-state index contributed by atoms with van der Waals surface area (Å²) in [6, 6.07) is 5.44. The number of carbonyl (C=O) groups is 2. The molecule has 144 valence electrons. The first kappa shape index (κ1) is 21.4. The highest BCUT2D eigenvalue weighted by molar-refractivity contribution is 5.74. The number of nitrogens with one attached hydrogen (secondary N) is 1. The number of nitrogens with zero attached hydrogens (tertiary/aromatic N) is 1. The monoisotopic (exact) mass is 366 g/mol. The third-order valence-corrected chi connectivity index (χ3v) is 3.69. The molecule has 1 amide bonds. The normalized spacial score (nSPS) is 13.0. The van der Waals surface area contributed by atoms with E-state index in [1.807, 2.05) is 0 Å². The molecule has 0 aliphatic rings. The maximum Gasteiger partial charge on any atom is 0.407 e. The van der Waals surface area contributed by atoms with Gasteiger partial charge in [-0.05, 0) is 53.0 Å². The van der Waals surface area contributed by atoms with Crippen LogP contribution >= 0.6 is 0 Å². The molecule has 1 rings (SSSR count). The lowest BCUT2D eigenvalue weighted by molar-refractivity contribution is -0.384. The second kappa shape index (κ2) is 8.16. The van der Waals surface area contributed by atoms with Crippen LogP contribution in [0.15, 0.2) is 24.3 Å². The lowest BCUT2D eigenvalue weighted by Gasteiger charge is -2.28. The van der Waals surface area contributed by atoms with Gasteiger partial charge in [0, 0.05) is 18.2 Å². The molecule has 0 aromatic heterocycles. The molecule has 1 atom stereocenters. The fourth-order valence-electron chi connectivity index (χ4n) is 2.39. The second-order valence-corrected chi connectivity index (χ2v) is 7.86. The first-order chi connectivity index (χ1) is 11.8. The number of alkyl carbamates (subject to hydrolysis) is 1. The summed E-state index contributed by atoms with van der Waals surface area (Å²) in [6.45, 7) is 8.36. The number of carboxylic acids is 1. The van der Waals surface area contributed by atoms with Crippen LogP contribution in [0.1, 0.15) is 46.6 Å². The lowest BCUT2D eigenvalue weighted by atomic mass is 9.84. The summed E-state index contributed by atoms with van der Waals surface area (Å²) in [5, 5.41) is 22.8. The van der Waals surface area contributed by atoms with Crippen molar-refractivity contribution < 1.29 is 24.4 Å². The summed E-state index contributed by atoms with van der Waals surface area (Å²) >= 11 is 0. The molecule has 0 saturated carbocycles. The minimum absolute atomic E-state index is 0.0312. The number of hydrogen-bond donors (Lipinski definition) is 2. The molecule has 0 spiro atoms. The number of rotatable bonds is 7. The van der Waals surface area contributed by atoms with Crippen molar-refractivity contribution in [1.82, 2.24) is 5.32 Å². The SMILES string of the molecule is CC(C)(C)OC(=O)NC(Cc1ccc([N+](=O)[O-])cc1)CC(C)(C)C(=O)O. The van der Waals surface area contributed by atoms with Gasteiger partial charge in [0.2, 0.25) is 0 Å². The third-order valence-electron chi connectivity index (χ3n) is 3.69. The molecule has 1 aromatic carbocycles. The number of benzene rings is 1. The maximum absolute atomic E-state index is 12.1. The quantitative estimate of drug-likeness (QED) is 0.563. The van der Waals surface area contributed by atoms with Crippen molar-refractivity contribution in [1.29, 1.82) is 0 Å². The van der Waals surface area contributed by atoms with Crippen molar-refractivity contribution in [2.45, 2.75) is 59.1 Å². The van der Waals surface area contributed by atoms with E-state index in [0.29, 0.717) is 6.42 Å². The Hall–Kier alpha value is -2.64. The third kappa shape index (κ3) is 7.08. The van der Waals surface area contributed by atoms with Crippen LogP contribution < -0.4 is 5.32 Å². The van der Waals surface area contributed by atoms with Crippen molar-refractivity contribution in [2.75, 3.05) is 0 Å². The van der Waals surface area contributed by atoms with E-state index in [1.54, 1.807) is 46.8 Å². The molecule has 0 radical (unpaired) electrons. The van der Waals surface area contributed by atoms with Crippen molar-refractivity contribution in [3.8, 4) is 0 Å². The molecule has 0 bridgehead atoms. The highest BCUT2D eigenvalue weighted by atomic mass is 16.6. The van der Waals surface area contributed by atoms with Gasteiger partial charge in [0.05, 0.1) is 10.3 Å². The first-order valence-electron chi connectivity index (χ1n) is 8.26. The Morgan fingerprint density at radius 1 is 1.19 bits per heavy atom. The lowest BCUT2D eigenvalue weighted by Crippen LogP contribution is -2.43. The molecule has 8 heteroatoms. The Kier molecular flexibility index (Phi) is 6.72. The molecule has 1 unspecified atom stereocenters. The fraction of sp³-hybridized carbons (Fsp3) is 0.556. The predicted molar refractivity (Wildman–Crippen MR) is 96.0 cm³/mol. The largest absolute Gasteiger partial charge is 0.481 e. The van der Waals surface area contributed by atoms with Crippen LogP contribution in [0.4, 0.5) is 10.5 Å². The molecule has 0 saturated heterocycles. The van der Waals surface area contributed by atoms with Crippen molar-refractivity contribution in [3.05, 3.63) is 39.9 Å². The molecule has 0 aliphatic carbocycles. The fourth-order valence-corrected chi connectivity index (χ4v) is 2.39. The molecule has 1 aromatic rings. The summed E-state index contributed by atoms with van der Waals surface area (Å²) in [5.41, 5.74) is -1.01. The van der Waals surface area contributed by atoms with Gasteiger partial charge < -0.3 is 15.2 Å². The Bertz CT molecular complexity index is 661. The Morgan fingerprint density at radius 2 is 1.73 bits per heavy atom. The Labute approximate surface area is 152 Å². The number of non-ortho nitro benzene ring substituents is 1. The van der Waals surface area contributed by atoms with E-state index in [2.05, 4.69) is 5.32 Å². The molecular weight excluding hydrogens is 340 g/mol. The number of nitro benzene ring substituents is 1. The van der Waals surface area contributed by atoms with Crippen molar-refractivity contribution in [2.24, 2.45) is 5.41 Å². The number of amides is 1. The molecule has 0 heterocycles. The van der Waals surface area contributed by atoms with E-state index in [4.69, 9.17) is 4.74 Å². The highest BCUT2D eigenvalue weighted by Gasteiger charge is 2.32. The minimum atomic E-state index is -1.06. The van der Waals surface area contributed by atoms with Crippen LogP contribution in [0, 0.1) is 15.5 Å². The van der Waals surface area contributed by atoms with Crippen LogP contribution in [0.25, 0.3) is 0 Å². The average molecular weight is 366 g/mol. The van der Waals surface area contributed by atoms with E-state index in [-0.39, 0.29) is 12.1 Å². The zero-order valence-corrected chi connectivity index (χ0v) is 15.7. The van der Waals surface area contributed by atoms with Crippen molar-refractivity contribution >= 4 is 17.7 Å². The number of ether oxygens (including phenoxy) is 1. The van der Waals surface area contributed by atoms with E-state index < -0.39 is 34.0 Å². The molecule has 8 nitrogen and oxygen atoms in total. The molecular formula is C18H26N2O6. The first-order valence-corrected chi connectivity index (χ1v) is 8.26. The number of nitro groups is 1. The molecule has 0 aliphatic heterocycles. The zero-order chi connectivity index (χ0) is 20.1. The molecule has 0 fully saturated rings. The maximum atomic E-state index is 12.1. The van der Waals surface area contributed by atoms with E-state index in [1.165, 1.54) is 12.1 Å². The average Bonchev–Trinajstić information content (AvgIpc) is 2.44. The van der Waals surface area contributed by atoms with Crippen LogP contribution in [0.3, 0.4) is 0 Å². The van der Waals surface area contributed by atoms with Gasteiger partial charge in [-0.3, -0.25) is 14.9 Å². The second-order valence-electron chi connectivity index (χ2n) is 7.86. The standard InChI is InChI=1S/C18H26N2O6/c1-17(2,3)26-16(23)19-13(11-18(4,5)15(21)22)10-12-6-8-14(9-7-12)20(24)25/h6-9,13H,10-11H2,1-5H3,(H,19,23)(H,21,22). The topological polar surface area (TPSA) is 119 Å². The van der Waals surface area contributed by atoms with Crippen LogP contribution in [0.5, 0.6) is 0 Å². The van der Waals surface area contributed by atoms with Gasteiger partial charge in [0.25, 0.3) is 5.69 Å². The van der Waals surface area contributed by atoms with E-state index >= 15 is 0 Å². The van der Waals surface area contributed by atoms with Gasteiger partial charge >= 0.3 is 12.1 Å². The Morgan fingerprint density at radius 3 is 2.15 bits per heavy atom. The molecule has 2 N–H and O–H groups in total. The van der Waals surface area contributed by atoms with Gasteiger partial charge in [-0.15, -0.1) is 0 Å². The zero-order valence-electron chi connectivity index (χ0n) is 15.7. The number of hydrogen-bond acceptors (Lipinski definition) is 5. The predicted octanol–water partition coefficient (Wildman–Crippen LogP) is 3.53. The summed E-state index contributed by atoms with van der Waals surface area (Å²) in [6.07, 6.45) is -0.127. The van der Waals surface area contributed by atoms with Crippen LogP contribution in [-0.2, 0) is 16.0 Å². The summed E-state index contributed by atoms with van der Waals surface area (Å²) in [7, 11) is 0. The van der Waals surface area contributed by atoms with E-state index in [9.17, 15) is 24.8 Å². The highest BCUT2D eigenvalue weighted by Crippen LogP contribution is 2.25. The van der Waals surface area contributed by atoms with Gasteiger partial charge in [-0.25, -0.2) is 4.79 Å². The smallest absolute Gasteiger partial charge is 0.407 e. The van der Waals surface area contributed by atoms with Crippen molar-refractivity contribution in [3.63, 3.8) is 0 Å². The van der Waals surface area contributed by atoms with E-state index in [0.717, 1.165) is 5.56 Å². The number of carboxylic acid groups (broad SMARTS) is 1. The molecule has 26 heavy (non-hydrogen) atoms. The minimum Gasteiger partial charge on any atom is -0.481 e. The van der Waals surface area contributed by atoms with Gasteiger partial charge in [0.15, 0.2) is 0 Å². The summed E-state index contributed by atoms with van der Waals surface area (Å²) in [5.74, 6) is -0.975. The van der Waals surface area contributed by atoms with Gasteiger partial charge in [0.1, 0.15) is 5.60 Å². The number of carbonyl (C=O) groups excluding carboxylic acids is 1. The van der Waals surface area contributed by atoms with Crippen LogP contribution in [-0.4, -0.2) is 33.7 Å². The van der Waals surface area contributed by atoms with Crippen LogP contribution in [0.2, 0.25) is 0 Å². The van der Waals surface area contributed by atoms with Gasteiger partial charge in [-0.2, -0.15) is 0 Å². The summed E-state index contributed by atoms with van der Waals surface area (Å²) in [4.78, 5) is 33.8. The number of aliphatic carboxylic acids is 1. The van der Waals surface area contributed by atoms with Gasteiger partial charge in [-0.1, -0.05) is 12.1 Å². The summed E-state index contributed by atoms with van der Waals surface area (Å²) < 4.78 is 5.24. The Balaban J connectivity index is 2.94.